The van der Waals surface area contributed by atoms with E-state index in [1.165, 1.54) is 0 Å². The van der Waals surface area contributed by atoms with E-state index in [-0.39, 0.29) is 0 Å². The average Bonchev–Trinajstić information content (AvgIpc) is 1.30. The summed E-state index contributed by atoms with van der Waals surface area (Å²) in [7, 11) is 5.97. The molecule has 0 amide bonds. The highest BCUT2D eigenvalue weighted by atomic mass is 16.7. The normalized spacial score (nSPS) is 12.0. The van der Waals surface area contributed by atoms with Gasteiger partial charge in [0, 0.05) is 0 Å². The van der Waals surface area contributed by atoms with Crippen LogP contribution in [0, 0.1) is 0 Å². The van der Waals surface area contributed by atoms with Crippen LogP contribution >= 0.6 is 0 Å². The molecule has 0 aliphatic heterocycles. The summed E-state index contributed by atoms with van der Waals surface area (Å²) in [6, 6.07) is 0. The van der Waals surface area contributed by atoms with Gasteiger partial charge >= 0.3 is 0 Å². The fourth-order valence-corrected chi connectivity index (χ4v) is 0.387. The molecule has 0 rings (SSSR count). The van der Waals surface area contributed by atoms with Gasteiger partial charge in [-0.3, -0.25) is 0 Å². The van der Waals surface area contributed by atoms with Gasteiger partial charge in [0.25, 0.3) is 0 Å². The topological polar surface area (TPSA) is 9.23 Å². The van der Waals surface area contributed by atoms with Crippen molar-refractivity contribution in [2.45, 2.75) is 6.92 Å². The van der Waals surface area contributed by atoms with Crippen LogP contribution in [0.15, 0.2) is 0 Å². The standard InChI is InChI=1S/C5H14NO/c1-5-7-6(2,3)4/h5H2,1-4H3/q+1. The molecular weight excluding hydrogens is 90.1 g/mol. The molecule has 2 heteroatoms. The van der Waals surface area contributed by atoms with Gasteiger partial charge in [0.15, 0.2) is 0 Å². The van der Waals surface area contributed by atoms with Gasteiger partial charge in [-0.1, -0.05) is 0 Å². The van der Waals surface area contributed by atoms with Crippen LogP contribution in [0.25, 0.3) is 0 Å². The monoisotopic (exact) mass is 104 g/mol. The van der Waals surface area contributed by atoms with Crippen molar-refractivity contribution >= 4 is 0 Å². The van der Waals surface area contributed by atoms with E-state index >= 15 is 0 Å². The fraction of sp³-hybridized carbons (Fsp3) is 1.00. The summed E-state index contributed by atoms with van der Waals surface area (Å²) in [5, 5.41) is 0. The van der Waals surface area contributed by atoms with Crippen molar-refractivity contribution in [2.24, 2.45) is 0 Å². The predicted octanol–water partition coefficient (Wildman–Crippen LogP) is 0.644. The van der Waals surface area contributed by atoms with Crippen molar-refractivity contribution in [3.63, 3.8) is 0 Å². The summed E-state index contributed by atoms with van der Waals surface area (Å²) in [6.07, 6.45) is 0. The van der Waals surface area contributed by atoms with Crippen LogP contribution in [0.5, 0.6) is 0 Å². The summed E-state index contributed by atoms with van der Waals surface area (Å²) in [5.41, 5.74) is 0. The highest BCUT2D eigenvalue weighted by Gasteiger charge is 2.03. The van der Waals surface area contributed by atoms with E-state index in [1.807, 2.05) is 28.1 Å². The molecule has 44 valence electrons. The predicted molar refractivity (Wildman–Crippen MR) is 29.7 cm³/mol. The maximum Gasteiger partial charge on any atom is 0.103 e. The van der Waals surface area contributed by atoms with Crippen molar-refractivity contribution in [3.05, 3.63) is 0 Å². The van der Waals surface area contributed by atoms with E-state index in [2.05, 4.69) is 0 Å². The molecule has 0 saturated carbocycles. The summed E-state index contributed by atoms with van der Waals surface area (Å²) >= 11 is 0. The van der Waals surface area contributed by atoms with Crippen LogP contribution in [0.2, 0.25) is 0 Å². The first-order valence-electron chi connectivity index (χ1n) is 2.52. The number of hydrogen-bond acceptors (Lipinski definition) is 1. The molecule has 0 aliphatic rings. The molecule has 2 nitrogen and oxygen atoms in total. The second-order valence-electron chi connectivity index (χ2n) is 2.31. The molecule has 0 aromatic carbocycles. The third-order valence-corrected chi connectivity index (χ3v) is 0.516. The molecule has 0 unspecified atom stereocenters. The highest BCUT2D eigenvalue weighted by Crippen LogP contribution is 1.88. The molecule has 0 fully saturated rings. The fourth-order valence-electron chi connectivity index (χ4n) is 0.387. The Balaban J connectivity index is 3.15. The van der Waals surface area contributed by atoms with Crippen LogP contribution in [0.1, 0.15) is 6.92 Å². The van der Waals surface area contributed by atoms with E-state index in [1.54, 1.807) is 0 Å². The molecule has 0 aromatic rings. The van der Waals surface area contributed by atoms with Crippen LogP contribution in [-0.4, -0.2) is 32.4 Å². The summed E-state index contributed by atoms with van der Waals surface area (Å²) in [6.45, 7) is 2.77. The summed E-state index contributed by atoms with van der Waals surface area (Å²) in [4.78, 5) is 5.17. The lowest BCUT2D eigenvalue weighted by Gasteiger charge is -2.19. The number of hydrogen-bond donors (Lipinski definition) is 0. The first-order valence-corrected chi connectivity index (χ1v) is 2.52. The van der Waals surface area contributed by atoms with Gasteiger partial charge in [0.2, 0.25) is 0 Å². The second kappa shape index (κ2) is 2.28. The molecule has 0 spiro atoms. The second-order valence-corrected chi connectivity index (χ2v) is 2.31. The lowest BCUT2D eigenvalue weighted by molar-refractivity contribution is -1.06. The van der Waals surface area contributed by atoms with Crippen molar-refractivity contribution in [1.29, 1.82) is 0 Å². The molecule has 0 heterocycles. The first-order chi connectivity index (χ1) is 3.06. The highest BCUT2D eigenvalue weighted by molar-refractivity contribution is 3.95. The van der Waals surface area contributed by atoms with E-state index in [0.717, 1.165) is 6.61 Å². The van der Waals surface area contributed by atoms with Crippen LogP contribution in [0.3, 0.4) is 0 Å². The average molecular weight is 104 g/mol. The van der Waals surface area contributed by atoms with Gasteiger partial charge in [-0.05, 0) is 6.92 Å². The third-order valence-electron chi connectivity index (χ3n) is 0.516. The molecule has 0 radical (unpaired) electrons. The van der Waals surface area contributed by atoms with E-state index < -0.39 is 0 Å². The van der Waals surface area contributed by atoms with Gasteiger partial charge < -0.3 is 0 Å². The van der Waals surface area contributed by atoms with Crippen LogP contribution in [0.4, 0.5) is 0 Å². The van der Waals surface area contributed by atoms with Crippen LogP contribution < -0.4 is 0 Å². The SMILES string of the molecule is CCO[N+](C)(C)C. The minimum atomic E-state index is 0.594. The smallest absolute Gasteiger partial charge is 0.103 e. The summed E-state index contributed by atoms with van der Waals surface area (Å²) in [5.74, 6) is 0. The minimum absolute atomic E-state index is 0.594. The zero-order valence-electron chi connectivity index (χ0n) is 5.56. The van der Waals surface area contributed by atoms with Gasteiger partial charge in [-0.15, -0.1) is 0 Å². The van der Waals surface area contributed by atoms with Crippen LogP contribution in [-0.2, 0) is 4.84 Å². The molecular formula is C5H14NO+. The van der Waals surface area contributed by atoms with Crippen molar-refractivity contribution in [3.8, 4) is 0 Å². The zero-order chi connectivity index (χ0) is 5.91. The Morgan fingerprint density at radius 1 is 1.29 bits per heavy atom. The lowest BCUT2D eigenvalue weighted by atomic mass is 10.9. The number of rotatable bonds is 2. The van der Waals surface area contributed by atoms with Gasteiger partial charge in [-0.2, -0.15) is 4.65 Å². The van der Waals surface area contributed by atoms with Crippen molar-refractivity contribution < 1.29 is 9.48 Å². The first kappa shape index (κ1) is 6.92. The Kier molecular flexibility index (Phi) is 2.26. The Morgan fingerprint density at radius 3 is 1.71 bits per heavy atom. The molecule has 0 atom stereocenters. The maximum absolute atomic E-state index is 5.17. The zero-order valence-corrected chi connectivity index (χ0v) is 5.56. The molecule has 7 heavy (non-hydrogen) atoms. The number of nitrogens with zero attached hydrogens (tertiary/aromatic N) is 1. The van der Waals surface area contributed by atoms with Crippen molar-refractivity contribution in [2.75, 3.05) is 27.7 Å². The Bertz CT molecular complexity index is 46.5. The Morgan fingerprint density at radius 2 is 1.71 bits per heavy atom. The molecule has 0 aliphatic carbocycles. The van der Waals surface area contributed by atoms with E-state index in [9.17, 15) is 0 Å². The molecule has 0 N–H and O–H groups in total. The maximum atomic E-state index is 5.17. The Labute approximate surface area is 45.2 Å². The Hall–Kier alpha value is -0.0800. The molecule has 0 bridgehead atoms. The quantitative estimate of drug-likeness (QED) is 0.369. The molecule has 0 aromatic heterocycles. The van der Waals surface area contributed by atoms with Gasteiger partial charge in [-0.25, -0.2) is 4.84 Å². The number of hydroxylamine groups is 3. The van der Waals surface area contributed by atoms with E-state index in [4.69, 9.17) is 4.84 Å². The van der Waals surface area contributed by atoms with E-state index in [0.29, 0.717) is 4.65 Å². The van der Waals surface area contributed by atoms with Crippen molar-refractivity contribution in [1.82, 2.24) is 0 Å². The molecule has 0 saturated heterocycles. The van der Waals surface area contributed by atoms with Gasteiger partial charge in [0.05, 0.1) is 21.1 Å². The minimum Gasteiger partial charge on any atom is -0.204 e. The van der Waals surface area contributed by atoms with Gasteiger partial charge in [0.1, 0.15) is 6.61 Å². The summed E-state index contributed by atoms with van der Waals surface area (Å²) < 4.78 is 0.594. The largest absolute Gasteiger partial charge is 0.204 e. The lowest BCUT2D eigenvalue weighted by Crippen LogP contribution is -2.34. The number of quaternary nitrogens is 1. The third kappa shape index (κ3) is 5.92.